The number of sulfonamides is 1. The molecule has 1 aromatic carbocycles. The van der Waals surface area contributed by atoms with Crippen LogP contribution in [0, 0.1) is 11.8 Å². The maximum Gasteiger partial charge on any atom is 0.266 e. The molecule has 4 amide bonds. The van der Waals surface area contributed by atoms with Crippen LogP contribution in [0.2, 0.25) is 0 Å². The van der Waals surface area contributed by atoms with Crippen molar-refractivity contribution in [2.75, 3.05) is 18.4 Å². The molecule has 1 aromatic rings. The van der Waals surface area contributed by atoms with Gasteiger partial charge in [-0.25, -0.2) is 13.1 Å². The third-order valence-corrected chi connectivity index (χ3v) is 9.57. The van der Waals surface area contributed by atoms with Crippen LogP contribution in [0.3, 0.4) is 0 Å². The number of hydrogen-bond acceptors (Lipinski definition) is 6. The van der Waals surface area contributed by atoms with Crippen LogP contribution >= 0.6 is 0 Å². The number of anilines is 1. The molecular formula is C29H40N4O6S. The smallest absolute Gasteiger partial charge is 0.266 e. The fourth-order valence-electron chi connectivity index (χ4n) is 5.79. The molecular weight excluding hydrogens is 532 g/mol. The Bertz CT molecular complexity index is 1240. The standard InChI is InChI=1S/C29H40N4O6S/c1-2-22-18-29(22)28(37)32-40(38,39)24-15-11-10-14-23(24)30-25(34)16-6-4-3-5-7-17-27(36)33(20-26(35)31-29)19-21-12-8-9-13-21/h2,10-11,14-15,21-22H,1,3-9,12-13,16-20H2,(H,30,34)(H,31,35)(H,32,37)/t22-,29-/m1/s1. The van der Waals surface area contributed by atoms with Gasteiger partial charge in [-0.1, -0.05) is 50.3 Å². The molecule has 2 aliphatic carbocycles. The number of rotatable bonds is 3. The van der Waals surface area contributed by atoms with Gasteiger partial charge in [-0.3, -0.25) is 19.2 Å². The molecule has 0 aromatic heterocycles. The summed E-state index contributed by atoms with van der Waals surface area (Å²) in [6.45, 7) is 4.04. The first kappa shape index (κ1) is 29.8. The highest BCUT2D eigenvalue weighted by atomic mass is 32.2. The first-order valence-corrected chi connectivity index (χ1v) is 15.8. The highest BCUT2D eigenvalue weighted by Gasteiger charge is 2.60. The summed E-state index contributed by atoms with van der Waals surface area (Å²) in [6.07, 6.45) is 10.4. The quantitative estimate of drug-likeness (QED) is 0.475. The highest BCUT2D eigenvalue weighted by Crippen LogP contribution is 2.45. The lowest BCUT2D eigenvalue weighted by molar-refractivity contribution is -0.137. The van der Waals surface area contributed by atoms with Gasteiger partial charge in [-0.2, -0.15) is 0 Å². The number of benzene rings is 1. The van der Waals surface area contributed by atoms with Gasteiger partial charge >= 0.3 is 0 Å². The normalized spacial score (nSPS) is 27.3. The van der Waals surface area contributed by atoms with E-state index in [2.05, 4.69) is 21.9 Å². The minimum atomic E-state index is -4.38. The SMILES string of the molecule is C=C[C@@H]1C[C@@]12NC(=O)CN(CC1CCCC1)C(=O)CCCCCCCC(=O)Nc1ccccc1S(=O)(=O)NC2=O. The molecule has 3 N–H and O–H groups in total. The molecule has 40 heavy (non-hydrogen) atoms. The van der Waals surface area contributed by atoms with E-state index in [4.69, 9.17) is 0 Å². The number of hydrogen-bond donors (Lipinski definition) is 3. The Balaban J connectivity index is 1.58. The summed E-state index contributed by atoms with van der Waals surface area (Å²) in [5, 5.41) is 5.39. The van der Waals surface area contributed by atoms with Gasteiger partial charge in [0.15, 0.2) is 0 Å². The second kappa shape index (κ2) is 13.0. The summed E-state index contributed by atoms with van der Waals surface area (Å²) in [7, 11) is -4.38. The monoisotopic (exact) mass is 572 g/mol. The van der Waals surface area contributed by atoms with Crippen LogP contribution < -0.4 is 15.4 Å². The average Bonchev–Trinajstić information content (AvgIpc) is 3.38. The molecule has 1 aliphatic heterocycles. The average molecular weight is 573 g/mol. The molecule has 2 saturated carbocycles. The lowest BCUT2D eigenvalue weighted by Crippen LogP contribution is -2.54. The van der Waals surface area contributed by atoms with Gasteiger partial charge in [0.2, 0.25) is 17.7 Å². The van der Waals surface area contributed by atoms with Crippen molar-refractivity contribution in [2.45, 2.75) is 87.5 Å². The van der Waals surface area contributed by atoms with Gasteiger partial charge in [-0.15, -0.1) is 6.58 Å². The molecule has 10 nitrogen and oxygen atoms in total. The van der Waals surface area contributed by atoms with Gasteiger partial charge in [0.05, 0.1) is 12.2 Å². The number of carbonyl (C=O) groups is 4. The molecule has 0 unspecified atom stereocenters. The Morgan fingerprint density at radius 3 is 2.30 bits per heavy atom. The minimum absolute atomic E-state index is 0.0809. The van der Waals surface area contributed by atoms with Gasteiger partial charge in [-0.05, 0) is 50.2 Å². The minimum Gasteiger partial charge on any atom is -0.340 e. The van der Waals surface area contributed by atoms with E-state index < -0.39 is 33.3 Å². The molecule has 2 atom stereocenters. The zero-order chi connectivity index (χ0) is 28.8. The summed E-state index contributed by atoms with van der Waals surface area (Å²) in [5.41, 5.74) is -1.40. The van der Waals surface area contributed by atoms with E-state index >= 15 is 0 Å². The number of fused-ring (bicyclic) bond motifs is 1. The third-order valence-electron chi connectivity index (χ3n) is 8.18. The van der Waals surface area contributed by atoms with Crippen molar-refractivity contribution in [1.82, 2.24) is 14.9 Å². The van der Waals surface area contributed by atoms with E-state index in [1.54, 1.807) is 11.0 Å². The zero-order valence-electron chi connectivity index (χ0n) is 23.0. The molecule has 0 bridgehead atoms. The summed E-state index contributed by atoms with van der Waals surface area (Å²) in [5.74, 6) is -1.92. The molecule has 11 heteroatoms. The Morgan fingerprint density at radius 2 is 1.60 bits per heavy atom. The second-order valence-corrected chi connectivity index (χ2v) is 12.9. The Kier molecular flexibility index (Phi) is 9.65. The summed E-state index contributed by atoms with van der Waals surface area (Å²) < 4.78 is 28.7. The van der Waals surface area contributed by atoms with E-state index in [1.807, 2.05) is 0 Å². The Morgan fingerprint density at radius 1 is 0.925 bits per heavy atom. The largest absolute Gasteiger partial charge is 0.340 e. The van der Waals surface area contributed by atoms with Gasteiger partial charge < -0.3 is 15.5 Å². The van der Waals surface area contributed by atoms with Crippen LogP contribution in [-0.2, 0) is 29.2 Å². The van der Waals surface area contributed by atoms with Crippen molar-refractivity contribution >= 4 is 39.3 Å². The highest BCUT2D eigenvalue weighted by molar-refractivity contribution is 7.90. The predicted octanol–water partition coefficient (Wildman–Crippen LogP) is 3.25. The zero-order valence-corrected chi connectivity index (χ0v) is 23.8. The van der Waals surface area contributed by atoms with E-state index in [9.17, 15) is 27.6 Å². The number of para-hydroxylation sites is 1. The molecule has 0 saturated heterocycles. The fourth-order valence-corrected chi connectivity index (χ4v) is 6.99. The number of carbonyl (C=O) groups excluding carboxylic acids is 4. The molecule has 218 valence electrons. The van der Waals surface area contributed by atoms with E-state index in [0.29, 0.717) is 31.7 Å². The lowest BCUT2D eigenvalue weighted by Gasteiger charge is -2.27. The Hall–Kier alpha value is -3.21. The molecule has 4 rings (SSSR count). The number of amides is 4. The van der Waals surface area contributed by atoms with Crippen molar-refractivity contribution in [3.63, 3.8) is 0 Å². The van der Waals surface area contributed by atoms with Crippen LogP contribution in [0.5, 0.6) is 0 Å². The summed E-state index contributed by atoms with van der Waals surface area (Å²) in [6, 6.07) is 5.89. The van der Waals surface area contributed by atoms with E-state index in [-0.39, 0.29) is 41.8 Å². The van der Waals surface area contributed by atoms with Crippen molar-refractivity contribution in [3.05, 3.63) is 36.9 Å². The topological polar surface area (TPSA) is 142 Å². The van der Waals surface area contributed by atoms with Crippen molar-refractivity contribution < 1.29 is 27.6 Å². The molecule has 0 radical (unpaired) electrons. The van der Waals surface area contributed by atoms with Crippen molar-refractivity contribution in [2.24, 2.45) is 11.8 Å². The first-order chi connectivity index (χ1) is 19.1. The van der Waals surface area contributed by atoms with Crippen LogP contribution in [0.4, 0.5) is 5.69 Å². The number of nitrogens with one attached hydrogen (secondary N) is 3. The van der Waals surface area contributed by atoms with Crippen LogP contribution in [-0.4, -0.2) is 55.6 Å². The third kappa shape index (κ3) is 7.30. The van der Waals surface area contributed by atoms with E-state index in [0.717, 1.165) is 44.9 Å². The van der Waals surface area contributed by atoms with Crippen LogP contribution in [0.25, 0.3) is 0 Å². The second-order valence-electron chi connectivity index (χ2n) is 11.2. The Labute approximate surface area is 236 Å². The fraction of sp³-hybridized carbons (Fsp3) is 0.586. The van der Waals surface area contributed by atoms with Gasteiger partial charge in [0, 0.05) is 25.3 Å². The maximum atomic E-state index is 13.4. The van der Waals surface area contributed by atoms with Crippen molar-refractivity contribution in [3.8, 4) is 0 Å². The molecule has 3 aliphatic rings. The van der Waals surface area contributed by atoms with Crippen LogP contribution in [0.15, 0.2) is 41.8 Å². The maximum absolute atomic E-state index is 13.4. The summed E-state index contributed by atoms with van der Waals surface area (Å²) >= 11 is 0. The molecule has 1 spiro atoms. The predicted molar refractivity (Wildman–Crippen MR) is 150 cm³/mol. The van der Waals surface area contributed by atoms with Gasteiger partial charge in [0.25, 0.3) is 15.9 Å². The summed E-state index contributed by atoms with van der Waals surface area (Å²) in [4.78, 5) is 53.7. The van der Waals surface area contributed by atoms with Crippen molar-refractivity contribution in [1.29, 1.82) is 0 Å². The van der Waals surface area contributed by atoms with Gasteiger partial charge in [0.1, 0.15) is 10.4 Å². The first-order valence-electron chi connectivity index (χ1n) is 14.3. The van der Waals surface area contributed by atoms with Crippen LogP contribution in [0.1, 0.15) is 77.0 Å². The lowest BCUT2D eigenvalue weighted by atomic mass is 10.1. The van der Waals surface area contributed by atoms with E-state index in [1.165, 1.54) is 24.3 Å². The number of nitrogens with zero attached hydrogens (tertiary/aromatic N) is 1. The molecule has 1 heterocycles. The molecule has 2 fully saturated rings.